The molecule has 2 aliphatic rings. The molecule has 2 aliphatic carbocycles. The molecular formula is C12H16OS. The first-order chi connectivity index (χ1) is 6.70. The smallest absolute Gasteiger partial charge is 0.102 e. The van der Waals surface area contributed by atoms with Crippen molar-refractivity contribution in [2.75, 3.05) is 0 Å². The summed E-state index contributed by atoms with van der Waals surface area (Å²) in [6.45, 7) is 2.12. The van der Waals surface area contributed by atoms with E-state index in [1.165, 1.54) is 29.7 Å². The van der Waals surface area contributed by atoms with Crippen molar-refractivity contribution in [3.05, 3.63) is 21.9 Å². The largest absolute Gasteiger partial charge is 0.384 e. The van der Waals surface area contributed by atoms with E-state index in [4.69, 9.17) is 0 Å². The topological polar surface area (TPSA) is 20.2 Å². The first kappa shape index (κ1) is 8.93. The Kier molecular flexibility index (Phi) is 1.80. The highest BCUT2D eigenvalue weighted by Crippen LogP contribution is 2.56. The van der Waals surface area contributed by atoms with E-state index in [0.29, 0.717) is 5.92 Å². The monoisotopic (exact) mass is 208 g/mol. The van der Waals surface area contributed by atoms with E-state index in [1.807, 2.05) is 0 Å². The molecule has 3 atom stereocenters. The van der Waals surface area contributed by atoms with Crippen LogP contribution in [-0.2, 0) is 5.60 Å². The molecule has 14 heavy (non-hydrogen) atoms. The molecule has 0 radical (unpaired) electrons. The van der Waals surface area contributed by atoms with E-state index in [2.05, 4.69) is 18.4 Å². The van der Waals surface area contributed by atoms with Crippen molar-refractivity contribution < 1.29 is 5.11 Å². The van der Waals surface area contributed by atoms with Crippen LogP contribution in [0.1, 0.15) is 36.1 Å². The van der Waals surface area contributed by atoms with Gasteiger partial charge in [0.15, 0.2) is 0 Å². The van der Waals surface area contributed by atoms with Gasteiger partial charge in [0, 0.05) is 4.88 Å². The third-order valence-electron chi connectivity index (χ3n) is 4.07. The second kappa shape index (κ2) is 2.83. The molecule has 0 amide bonds. The number of aliphatic hydroxyl groups is 1. The van der Waals surface area contributed by atoms with Crippen LogP contribution in [0.3, 0.4) is 0 Å². The lowest BCUT2D eigenvalue weighted by molar-refractivity contribution is -0.0153. The van der Waals surface area contributed by atoms with Gasteiger partial charge in [0.05, 0.1) is 0 Å². The van der Waals surface area contributed by atoms with Gasteiger partial charge in [0.25, 0.3) is 0 Å². The SMILES string of the molecule is Cc1ccsc1C1(O)CC2CCC1C2. The van der Waals surface area contributed by atoms with Crippen LogP contribution in [0.15, 0.2) is 11.4 Å². The average Bonchev–Trinajstić information content (AvgIpc) is 2.78. The fourth-order valence-electron chi connectivity index (χ4n) is 3.40. The van der Waals surface area contributed by atoms with Crippen LogP contribution in [0.25, 0.3) is 0 Å². The van der Waals surface area contributed by atoms with Gasteiger partial charge in [-0.05, 0) is 61.5 Å². The Balaban J connectivity index is 2.02. The van der Waals surface area contributed by atoms with Crippen LogP contribution in [0.5, 0.6) is 0 Å². The number of thiophene rings is 1. The lowest BCUT2D eigenvalue weighted by Gasteiger charge is -2.32. The van der Waals surface area contributed by atoms with Gasteiger partial charge in [-0.25, -0.2) is 0 Å². The molecule has 76 valence electrons. The molecule has 1 aromatic rings. The second-order valence-corrected chi connectivity index (χ2v) is 5.85. The van der Waals surface area contributed by atoms with Crippen molar-refractivity contribution in [1.82, 2.24) is 0 Å². The van der Waals surface area contributed by atoms with E-state index in [1.54, 1.807) is 11.3 Å². The summed E-state index contributed by atoms with van der Waals surface area (Å²) in [6, 6.07) is 2.13. The quantitative estimate of drug-likeness (QED) is 0.752. The second-order valence-electron chi connectivity index (χ2n) is 4.94. The number of hydrogen-bond acceptors (Lipinski definition) is 2. The number of aryl methyl sites for hydroxylation is 1. The molecule has 2 fully saturated rings. The molecule has 0 aliphatic heterocycles. The van der Waals surface area contributed by atoms with Gasteiger partial charge < -0.3 is 5.11 Å². The molecule has 0 saturated heterocycles. The summed E-state index contributed by atoms with van der Waals surface area (Å²) in [6.07, 6.45) is 4.85. The molecule has 1 aromatic heterocycles. The maximum Gasteiger partial charge on any atom is 0.102 e. The van der Waals surface area contributed by atoms with Crippen molar-refractivity contribution >= 4 is 11.3 Å². The van der Waals surface area contributed by atoms with Gasteiger partial charge in [-0.1, -0.05) is 0 Å². The summed E-state index contributed by atoms with van der Waals surface area (Å²) >= 11 is 1.74. The number of rotatable bonds is 1. The van der Waals surface area contributed by atoms with E-state index in [0.717, 1.165) is 12.3 Å². The standard InChI is InChI=1S/C12H16OS/c1-8-4-5-14-11(8)12(13)7-9-2-3-10(12)6-9/h4-5,9-10,13H,2-3,6-7H2,1H3. The third-order valence-corrected chi connectivity index (χ3v) is 5.26. The lowest BCUT2D eigenvalue weighted by Crippen LogP contribution is -2.31. The van der Waals surface area contributed by atoms with Crippen molar-refractivity contribution in [2.45, 2.75) is 38.2 Å². The fraction of sp³-hybridized carbons (Fsp3) is 0.667. The average molecular weight is 208 g/mol. The predicted octanol–water partition coefficient (Wildman–Crippen LogP) is 3.06. The van der Waals surface area contributed by atoms with Gasteiger partial charge in [-0.3, -0.25) is 0 Å². The minimum absolute atomic E-state index is 0.457. The number of hydrogen-bond donors (Lipinski definition) is 1. The highest BCUT2D eigenvalue weighted by Gasteiger charge is 2.51. The van der Waals surface area contributed by atoms with Crippen LogP contribution in [0, 0.1) is 18.8 Å². The Morgan fingerprint density at radius 3 is 2.86 bits per heavy atom. The van der Waals surface area contributed by atoms with Gasteiger partial charge in [-0.2, -0.15) is 0 Å². The summed E-state index contributed by atoms with van der Waals surface area (Å²) in [5.74, 6) is 1.34. The van der Waals surface area contributed by atoms with Crippen LogP contribution in [-0.4, -0.2) is 5.11 Å². The highest BCUT2D eigenvalue weighted by molar-refractivity contribution is 7.10. The Labute approximate surface area is 88.8 Å². The normalized spacial score (nSPS) is 40.7. The summed E-state index contributed by atoms with van der Waals surface area (Å²) in [5, 5.41) is 12.8. The Hall–Kier alpha value is -0.340. The van der Waals surface area contributed by atoms with Crippen LogP contribution >= 0.6 is 11.3 Å². The Bertz CT molecular complexity index is 357. The molecule has 0 spiro atoms. The first-order valence-electron chi connectivity index (χ1n) is 5.47. The molecular weight excluding hydrogens is 192 g/mol. The Morgan fingerprint density at radius 1 is 1.50 bits per heavy atom. The van der Waals surface area contributed by atoms with Crippen molar-refractivity contribution in [3.63, 3.8) is 0 Å². The maximum atomic E-state index is 10.7. The molecule has 1 nitrogen and oxygen atoms in total. The van der Waals surface area contributed by atoms with E-state index >= 15 is 0 Å². The minimum atomic E-state index is -0.457. The van der Waals surface area contributed by atoms with E-state index < -0.39 is 5.60 Å². The molecule has 0 aromatic carbocycles. The summed E-state index contributed by atoms with van der Waals surface area (Å²) in [7, 11) is 0. The van der Waals surface area contributed by atoms with E-state index in [9.17, 15) is 5.11 Å². The molecule has 2 saturated carbocycles. The highest BCUT2D eigenvalue weighted by atomic mass is 32.1. The van der Waals surface area contributed by atoms with Gasteiger partial charge in [-0.15, -0.1) is 11.3 Å². The zero-order valence-corrected chi connectivity index (χ0v) is 9.31. The van der Waals surface area contributed by atoms with Crippen LogP contribution in [0.2, 0.25) is 0 Å². The molecule has 2 bridgehead atoms. The summed E-state index contributed by atoms with van der Waals surface area (Å²) < 4.78 is 0. The van der Waals surface area contributed by atoms with E-state index in [-0.39, 0.29) is 0 Å². The lowest BCUT2D eigenvalue weighted by atomic mass is 9.82. The molecule has 1 N–H and O–H groups in total. The van der Waals surface area contributed by atoms with Crippen molar-refractivity contribution in [1.29, 1.82) is 0 Å². The maximum absolute atomic E-state index is 10.7. The zero-order chi connectivity index (χ0) is 9.76. The van der Waals surface area contributed by atoms with Crippen LogP contribution < -0.4 is 0 Å². The molecule has 1 heterocycles. The number of fused-ring (bicyclic) bond motifs is 2. The third kappa shape index (κ3) is 1.04. The minimum Gasteiger partial charge on any atom is -0.384 e. The summed E-state index contributed by atoms with van der Waals surface area (Å²) in [4.78, 5) is 1.24. The summed E-state index contributed by atoms with van der Waals surface area (Å²) in [5.41, 5.74) is 0.825. The predicted molar refractivity (Wildman–Crippen MR) is 58.4 cm³/mol. The van der Waals surface area contributed by atoms with Crippen molar-refractivity contribution in [3.8, 4) is 0 Å². The fourth-order valence-corrected chi connectivity index (χ4v) is 4.51. The van der Waals surface area contributed by atoms with Crippen LogP contribution in [0.4, 0.5) is 0 Å². The molecule has 3 unspecified atom stereocenters. The van der Waals surface area contributed by atoms with Crippen molar-refractivity contribution in [2.24, 2.45) is 11.8 Å². The Morgan fingerprint density at radius 2 is 2.36 bits per heavy atom. The molecule has 3 rings (SSSR count). The molecule has 2 heteroatoms. The van der Waals surface area contributed by atoms with Gasteiger partial charge in [0.2, 0.25) is 0 Å². The van der Waals surface area contributed by atoms with Gasteiger partial charge >= 0.3 is 0 Å². The van der Waals surface area contributed by atoms with Gasteiger partial charge in [0.1, 0.15) is 5.60 Å². The first-order valence-corrected chi connectivity index (χ1v) is 6.35. The zero-order valence-electron chi connectivity index (χ0n) is 8.49.